The van der Waals surface area contributed by atoms with E-state index in [1.807, 2.05) is 6.07 Å². The summed E-state index contributed by atoms with van der Waals surface area (Å²) in [6.07, 6.45) is 9.36. The van der Waals surface area contributed by atoms with Gasteiger partial charge in [0.2, 0.25) is 5.91 Å². The van der Waals surface area contributed by atoms with Crippen LogP contribution in [-0.2, 0) is 24.2 Å². The molecule has 6 nitrogen and oxygen atoms in total. The normalized spacial score (nSPS) is 21.2. The molecule has 0 unspecified atom stereocenters. The molecule has 6 rings (SSSR count). The van der Waals surface area contributed by atoms with Crippen LogP contribution >= 0.6 is 23.6 Å². The number of aryl methyl sites for hydroxylation is 1. The van der Waals surface area contributed by atoms with Crippen molar-refractivity contribution < 1.29 is 9.59 Å². The molecule has 0 saturated heterocycles. The Labute approximate surface area is 234 Å². The van der Waals surface area contributed by atoms with Gasteiger partial charge in [0.05, 0.1) is 5.56 Å². The fourth-order valence-electron chi connectivity index (χ4n) is 5.34. The van der Waals surface area contributed by atoms with Crippen molar-refractivity contribution in [2.45, 2.75) is 77.3 Å². The third-order valence-electron chi connectivity index (χ3n) is 8.43. The Morgan fingerprint density at radius 1 is 1.11 bits per heavy atom. The first-order chi connectivity index (χ1) is 18.4. The smallest absolute Gasteiger partial charge is 0.254 e. The maximum Gasteiger partial charge on any atom is 0.254 e. The predicted molar refractivity (Wildman–Crippen MR) is 156 cm³/mol. The van der Waals surface area contributed by atoms with Gasteiger partial charge in [-0.15, -0.1) is 11.3 Å². The highest BCUT2D eigenvalue weighted by Gasteiger charge is 2.40. The van der Waals surface area contributed by atoms with Gasteiger partial charge in [0.25, 0.3) is 5.91 Å². The van der Waals surface area contributed by atoms with Crippen LogP contribution in [0.15, 0.2) is 30.3 Å². The molecule has 1 aromatic carbocycles. The van der Waals surface area contributed by atoms with Gasteiger partial charge >= 0.3 is 0 Å². The quantitative estimate of drug-likeness (QED) is 0.352. The number of thiophene rings is 1. The van der Waals surface area contributed by atoms with E-state index >= 15 is 0 Å². The molecule has 1 heterocycles. The SMILES string of the molecule is CC1(CN(Cc2ccccc2)C(=S)N[C@H]2CCc3sc(NC(=O)C4CC4)c(C(=O)NCC4CC4)c3C2)CC1. The lowest BCUT2D eigenvalue weighted by Gasteiger charge is -2.33. The number of hydrogen-bond donors (Lipinski definition) is 3. The number of carbonyl (C=O) groups is 2. The molecule has 4 aliphatic carbocycles. The Morgan fingerprint density at radius 3 is 2.55 bits per heavy atom. The Kier molecular flexibility index (Phi) is 7.20. The lowest BCUT2D eigenvalue weighted by molar-refractivity contribution is -0.117. The number of amides is 2. The molecule has 202 valence electrons. The van der Waals surface area contributed by atoms with E-state index in [1.54, 1.807) is 11.3 Å². The Morgan fingerprint density at radius 2 is 1.87 bits per heavy atom. The van der Waals surface area contributed by atoms with Crippen molar-refractivity contribution in [1.82, 2.24) is 15.5 Å². The molecule has 4 aliphatic rings. The molecule has 3 saturated carbocycles. The number of rotatable bonds is 10. The number of thiocarbonyl (C=S) groups is 1. The molecule has 0 spiro atoms. The third-order valence-corrected chi connectivity index (χ3v) is 10.0. The zero-order valence-electron chi connectivity index (χ0n) is 22.2. The van der Waals surface area contributed by atoms with Crippen molar-refractivity contribution in [2.75, 3.05) is 18.4 Å². The average Bonchev–Trinajstić information content (AvgIpc) is 3.77. The number of anilines is 1. The lowest BCUT2D eigenvalue weighted by atomic mass is 9.91. The highest BCUT2D eigenvalue weighted by atomic mass is 32.1. The van der Waals surface area contributed by atoms with Crippen LogP contribution in [0.4, 0.5) is 5.00 Å². The zero-order chi connectivity index (χ0) is 26.3. The second kappa shape index (κ2) is 10.6. The lowest BCUT2D eigenvalue weighted by Crippen LogP contribution is -2.47. The average molecular weight is 551 g/mol. The van der Waals surface area contributed by atoms with Crippen LogP contribution in [0.3, 0.4) is 0 Å². The second-order valence-corrected chi connectivity index (χ2v) is 13.7. The molecule has 8 heteroatoms. The van der Waals surface area contributed by atoms with Gasteiger partial charge in [-0.25, -0.2) is 0 Å². The summed E-state index contributed by atoms with van der Waals surface area (Å²) >= 11 is 7.59. The summed E-state index contributed by atoms with van der Waals surface area (Å²) in [7, 11) is 0. The standard InChI is InChI=1S/C30H38N4O2S2/c1-30(13-14-30)18-34(17-20-5-3-2-4-6-20)29(37)32-22-11-12-24-23(15-22)25(27(36)31-16-19-7-8-19)28(38-24)33-26(35)21-9-10-21/h2-6,19,21-22H,7-18H2,1H3,(H,31,36)(H,32,37)(H,33,35)/t22-/m0/s1. The van der Waals surface area contributed by atoms with E-state index < -0.39 is 0 Å². The van der Waals surface area contributed by atoms with Crippen molar-refractivity contribution in [3.05, 3.63) is 51.9 Å². The first kappa shape index (κ1) is 25.8. The highest BCUT2D eigenvalue weighted by Crippen LogP contribution is 2.46. The number of nitrogens with one attached hydrogen (secondary N) is 3. The number of fused-ring (bicyclic) bond motifs is 1. The maximum absolute atomic E-state index is 13.4. The van der Waals surface area contributed by atoms with Gasteiger partial charge in [-0.2, -0.15) is 0 Å². The van der Waals surface area contributed by atoms with Gasteiger partial charge < -0.3 is 20.9 Å². The molecule has 1 atom stereocenters. The summed E-state index contributed by atoms with van der Waals surface area (Å²) in [4.78, 5) is 29.6. The van der Waals surface area contributed by atoms with Gasteiger partial charge in [0.15, 0.2) is 5.11 Å². The monoisotopic (exact) mass is 550 g/mol. The summed E-state index contributed by atoms with van der Waals surface area (Å²) in [5.41, 5.74) is 3.37. The Bertz CT molecular complexity index is 1210. The van der Waals surface area contributed by atoms with Gasteiger partial charge in [0, 0.05) is 36.5 Å². The van der Waals surface area contributed by atoms with E-state index in [2.05, 4.69) is 52.0 Å². The molecule has 2 aromatic rings. The Hall–Kier alpha value is -2.45. The van der Waals surface area contributed by atoms with E-state index in [0.717, 1.165) is 67.4 Å². The minimum atomic E-state index is -0.0453. The largest absolute Gasteiger partial charge is 0.359 e. The van der Waals surface area contributed by atoms with Crippen LogP contribution in [0.2, 0.25) is 0 Å². The molecule has 1 aromatic heterocycles. The summed E-state index contributed by atoms with van der Waals surface area (Å²) in [6.45, 7) is 4.81. The summed E-state index contributed by atoms with van der Waals surface area (Å²) in [5, 5.41) is 11.5. The second-order valence-electron chi connectivity index (χ2n) is 12.2. The van der Waals surface area contributed by atoms with Crippen molar-refractivity contribution in [3.8, 4) is 0 Å². The minimum Gasteiger partial charge on any atom is -0.359 e. The van der Waals surface area contributed by atoms with Crippen molar-refractivity contribution >= 4 is 45.5 Å². The van der Waals surface area contributed by atoms with E-state index in [9.17, 15) is 9.59 Å². The molecule has 3 fully saturated rings. The molecular formula is C30H38N4O2S2. The molecule has 2 amide bonds. The van der Waals surface area contributed by atoms with E-state index in [-0.39, 0.29) is 23.8 Å². The maximum atomic E-state index is 13.4. The molecule has 0 aliphatic heterocycles. The van der Waals surface area contributed by atoms with Crippen LogP contribution in [0, 0.1) is 17.3 Å². The van der Waals surface area contributed by atoms with Crippen molar-refractivity contribution in [3.63, 3.8) is 0 Å². The zero-order valence-corrected chi connectivity index (χ0v) is 23.8. The van der Waals surface area contributed by atoms with Gasteiger partial charge in [0.1, 0.15) is 5.00 Å². The van der Waals surface area contributed by atoms with Crippen molar-refractivity contribution in [1.29, 1.82) is 0 Å². The summed E-state index contributed by atoms with van der Waals surface area (Å²) in [6, 6.07) is 10.7. The third kappa shape index (κ3) is 6.23. The van der Waals surface area contributed by atoms with Crippen LogP contribution < -0.4 is 16.0 Å². The molecular weight excluding hydrogens is 512 g/mol. The van der Waals surface area contributed by atoms with E-state index in [1.165, 1.54) is 36.1 Å². The van der Waals surface area contributed by atoms with Gasteiger partial charge in [-0.3, -0.25) is 9.59 Å². The van der Waals surface area contributed by atoms with Crippen LogP contribution in [0.1, 0.15) is 78.2 Å². The number of nitrogens with zero attached hydrogens (tertiary/aromatic N) is 1. The van der Waals surface area contributed by atoms with Crippen molar-refractivity contribution in [2.24, 2.45) is 17.3 Å². The number of benzene rings is 1. The van der Waals surface area contributed by atoms with E-state index in [4.69, 9.17) is 12.2 Å². The molecule has 3 N–H and O–H groups in total. The van der Waals surface area contributed by atoms with Gasteiger partial charge in [-0.05, 0) is 92.5 Å². The minimum absolute atomic E-state index is 0.0453. The fourth-order valence-corrected chi connectivity index (χ4v) is 6.88. The van der Waals surface area contributed by atoms with Crippen LogP contribution in [0.25, 0.3) is 0 Å². The van der Waals surface area contributed by atoms with Crippen LogP contribution in [-0.4, -0.2) is 41.0 Å². The predicted octanol–water partition coefficient (Wildman–Crippen LogP) is 5.27. The van der Waals surface area contributed by atoms with E-state index in [0.29, 0.717) is 16.9 Å². The summed E-state index contributed by atoms with van der Waals surface area (Å²) < 4.78 is 0. The Balaban J connectivity index is 1.18. The number of carbonyl (C=O) groups excluding carboxylic acids is 2. The summed E-state index contributed by atoms with van der Waals surface area (Å²) in [5.74, 6) is 0.720. The topological polar surface area (TPSA) is 73.5 Å². The first-order valence-corrected chi connectivity index (χ1v) is 15.4. The number of hydrogen-bond acceptors (Lipinski definition) is 4. The molecule has 0 bridgehead atoms. The molecule has 38 heavy (non-hydrogen) atoms. The fraction of sp³-hybridized carbons (Fsp3) is 0.567. The first-order valence-electron chi connectivity index (χ1n) is 14.2. The van der Waals surface area contributed by atoms with Crippen LogP contribution in [0.5, 0.6) is 0 Å². The van der Waals surface area contributed by atoms with Gasteiger partial charge in [-0.1, -0.05) is 37.3 Å². The highest BCUT2D eigenvalue weighted by molar-refractivity contribution is 7.80. The molecule has 0 radical (unpaired) electrons.